The van der Waals surface area contributed by atoms with Crippen LogP contribution < -0.4 is 20.3 Å². The Bertz CT molecular complexity index is 1820. The largest absolute Gasteiger partial charge is 0.457 e. The second-order valence-corrected chi connectivity index (χ2v) is 10.3. The smallest absolute Gasteiger partial charge is 0.243 e. The number of anilines is 3. The minimum Gasteiger partial charge on any atom is -0.457 e. The zero-order chi connectivity index (χ0) is 29.4. The molecule has 12 nitrogen and oxygen atoms in total. The van der Waals surface area contributed by atoms with Crippen molar-refractivity contribution in [1.29, 1.82) is 0 Å². The van der Waals surface area contributed by atoms with Crippen molar-refractivity contribution in [2.75, 3.05) is 23.3 Å². The summed E-state index contributed by atoms with van der Waals surface area (Å²) in [4.78, 5) is 31.8. The number of hydrogen-bond acceptors (Lipinski definition) is 10. The first kappa shape index (κ1) is 27.0. The van der Waals surface area contributed by atoms with E-state index in [-0.39, 0.29) is 17.6 Å². The zero-order valence-corrected chi connectivity index (χ0v) is 23.4. The molecule has 5 aromatic rings. The lowest BCUT2D eigenvalue weighted by Gasteiger charge is -2.37. The molecule has 0 bridgehead atoms. The molecular weight excluding hydrogens is 539 g/mol. The molecule has 13 heteroatoms. The molecule has 1 fully saturated rings. The minimum atomic E-state index is -0.486. The molecule has 2 atom stereocenters. The van der Waals surface area contributed by atoms with Crippen molar-refractivity contribution in [2.24, 2.45) is 13.0 Å². The van der Waals surface area contributed by atoms with E-state index in [1.165, 1.54) is 12.4 Å². The third-order valence-corrected chi connectivity index (χ3v) is 7.52. The Balaban J connectivity index is 1.25. The van der Waals surface area contributed by atoms with E-state index < -0.39 is 5.82 Å². The molecule has 2 aromatic carbocycles. The lowest BCUT2D eigenvalue weighted by atomic mass is 9.93. The summed E-state index contributed by atoms with van der Waals surface area (Å²) >= 11 is 0. The minimum absolute atomic E-state index is 0.0755. The number of fused-ring (bicyclic) bond motifs is 2. The molecule has 214 valence electrons. The number of halogens is 1. The van der Waals surface area contributed by atoms with Crippen LogP contribution in [0.4, 0.5) is 21.8 Å². The van der Waals surface area contributed by atoms with E-state index in [2.05, 4.69) is 49.4 Å². The Labute approximate surface area is 240 Å². The summed E-state index contributed by atoms with van der Waals surface area (Å²) in [5.74, 6) is 1.30. The number of piperidine rings is 1. The molecule has 0 aliphatic carbocycles. The normalized spacial score (nSPS) is 16.9. The number of nitrogens with zero attached hydrogens (tertiary/aromatic N) is 8. The fourth-order valence-corrected chi connectivity index (χ4v) is 4.98. The van der Waals surface area contributed by atoms with Crippen LogP contribution in [-0.4, -0.2) is 60.0 Å². The van der Waals surface area contributed by atoms with Gasteiger partial charge in [0.2, 0.25) is 11.9 Å². The van der Waals surface area contributed by atoms with Crippen molar-refractivity contribution >= 4 is 45.4 Å². The van der Waals surface area contributed by atoms with Crippen LogP contribution in [0.25, 0.3) is 22.1 Å². The molecular formula is C29H29FN10O2. The highest BCUT2D eigenvalue weighted by Gasteiger charge is 2.28. The highest BCUT2D eigenvalue weighted by atomic mass is 19.1. The quantitative estimate of drug-likeness (QED) is 0.275. The number of ether oxygens (including phenoxy) is 1. The average molecular weight is 569 g/mol. The first-order valence-electron chi connectivity index (χ1n) is 13.5. The maximum Gasteiger partial charge on any atom is 0.243 e. The van der Waals surface area contributed by atoms with Gasteiger partial charge in [-0.2, -0.15) is 0 Å². The maximum absolute atomic E-state index is 15.6. The van der Waals surface area contributed by atoms with E-state index in [4.69, 9.17) is 9.72 Å². The number of aryl methyl sites for hydroxylation is 1. The summed E-state index contributed by atoms with van der Waals surface area (Å²) in [5, 5.41) is 14.2. The highest BCUT2D eigenvalue weighted by Crippen LogP contribution is 2.33. The number of aromatic nitrogens is 7. The van der Waals surface area contributed by atoms with Crippen LogP contribution in [0.5, 0.6) is 11.5 Å². The Morgan fingerprint density at radius 2 is 2.05 bits per heavy atom. The number of carbonyl (C=O) groups excluding carboxylic acids is 1. The lowest BCUT2D eigenvalue weighted by molar-refractivity contribution is -0.117. The Kier molecular flexibility index (Phi) is 7.07. The first-order valence-corrected chi connectivity index (χ1v) is 13.5. The van der Waals surface area contributed by atoms with E-state index in [1.54, 1.807) is 42.1 Å². The van der Waals surface area contributed by atoms with Crippen LogP contribution in [-0.2, 0) is 11.8 Å². The van der Waals surface area contributed by atoms with Gasteiger partial charge >= 0.3 is 0 Å². The summed E-state index contributed by atoms with van der Waals surface area (Å²) in [6.45, 7) is 8.56. The fourth-order valence-electron chi connectivity index (χ4n) is 4.98. The van der Waals surface area contributed by atoms with Crippen LogP contribution in [0, 0.1) is 18.7 Å². The van der Waals surface area contributed by atoms with Crippen molar-refractivity contribution in [3.8, 4) is 11.5 Å². The predicted octanol–water partition coefficient (Wildman–Crippen LogP) is 4.20. The van der Waals surface area contributed by atoms with E-state index >= 15 is 4.39 Å². The van der Waals surface area contributed by atoms with Crippen molar-refractivity contribution in [2.45, 2.75) is 26.3 Å². The van der Waals surface area contributed by atoms with Gasteiger partial charge in [-0.15, -0.1) is 5.10 Å². The molecule has 1 saturated heterocycles. The van der Waals surface area contributed by atoms with Crippen molar-refractivity contribution in [1.82, 2.24) is 40.2 Å². The molecule has 1 amide bonds. The third-order valence-electron chi connectivity index (χ3n) is 7.52. The molecule has 1 aliphatic heterocycles. The highest BCUT2D eigenvalue weighted by molar-refractivity contribution is 5.88. The van der Waals surface area contributed by atoms with Gasteiger partial charge in [-0.05, 0) is 49.6 Å². The van der Waals surface area contributed by atoms with Gasteiger partial charge in [0.15, 0.2) is 11.6 Å². The summed E-state index contributed by atoms with van der Waals surface area (Å²) in [5.41, 5.74) is 3.03. The van der Waals surface area contributed by atoms with Crippen molar-refractivity contribution in [3.63, 3.8) is 0 Å². The fraction of sp³-hybridized carbons (Fsp3) is 0.276. The molecule has 4 heterocycles. The maximum atomic E-state index is 15.6. The lowest BCUT2D eigenvalue weighted by Crippen LogP contribution is -2.52. The van der Waals surface area contributed by atoms with Crippen LogP contribution >= 0.6 is 0 Å². The summed E-state index contributed by atoms with van der Waals surface area (Å²) in [6.07, 6.45) is 5.12. The number of rotatable bonds is 7. The Morgan fingerprint density at radius 1 is 1.19 bits per heavy atom. The topological polar surface area (TPSA) is 136 Å². The standard InChI is InChI=1S/C29H29FN10O2/c1-5-25(41)34-22-14-40(11-10-16(22)2)29-31-13-21-27(36-29)28(33-15-32-21)35-19-7-9-24(17(3)26(19)30)42-18-6-8-23-20(12-18)37-38-39(23)4/h5-9,12-13,15-16,22H,1,10-11,14H2,2-4H3,(H,34,41)(H,32,33,35)/t16-,22?/m1/s1. The second kappa shape index (κ2) is 11.0. The Morgan fingerprint density at radius 3 is 2.88 bits per heavy atom. The van der Waals surface area contributed by atoms with Gasteiger partial charge in [0.1, 0.15) is 34.4 Å². The summed E-state index contributed by atoms with van der Waals surface area (Å²) in [6, 6.07) is 8.61. The Hall–Kier alpha value is -5.20. The molecule has 3 aromatic heterocycles. The number of hydrogen-bond donors (Lipinski definition) is 2. The number of carbonyl (C=O) groups is 1. The SMILES string of the molecule is C=CC(=O)NC1CN(c2ncc3ncnc(Nc4ccc(Oc5ccc6c(c5)nnn6C)c(C)c4F)c3n2)CC[C@H]1C. The van der Waals surface area contributed by atoms with Gasteiger partial charge in [0, 0.05) is 37.8 Å². The molecule has 42 heavy (non-hydrogen) atoms. The van der Waals surface area contributed by atoms with Crippen LogP contribution in [0.1, 0.15) is 18.9 Å². The predicted molar refractivity (Wildman–Crippen MR) is 156 cm³/mol. The molecule has 0 spiro atoms. The molecule has 6 rings (SSSR count). The molecule has 2 N–H and O–H groups in total. The van der Waals surface area contributed by atoms with E-state index in [9.17, 15) is 4.79 Å². The van der Waals surface area contributed by atoms with Gasteiger partial charge < -0.3 is 20.3 Å². The van der Waals surface area contributed by atoms with Crippen molar-refractivity contribution < 1.29 is 13.9 Å². The van der Waals surface area contributed by atoms with Gasteiger partial charge in [-0.25, -0.2) is 29.0 Å². The number of nitrogens with one attached hydrogen (secondary N) is 2. The van der Waals surface area contributed by atoms with Crippen molar-refractivity contribution in [3.05, 3.63) is 66.9 Å². The number of benzene rings is 2. The van der Waals surface area contributed by atoms with Gasteiger partial charge in [0.25, 0.3) is 0 Å². The molecule has 0 saturated carbocycles. The van der Waals surface area contributed by atoms with Crippen LogP contribution in [0.2, 0.25) is 0 Å². The zero-order valence-electron chi connectivity index (χ0n) is 23.4. The monoisotopic (exact) mass is 568 g/mol. The van der Waals surface area contributed by atoms with Crippen LogP contribution in [0.15, 0.2) is 55.5 Å². The van der Waals surface area contributed by atoms with Gasteiger partial charge in [-0.3, -0.25) is 4.79 Å². The summed E-state index contributed by atoms with van der Waals surface area (Å²) < 4.78 is 23.3. The first-order chi connectivity index (χ1) is 20.3. The van der Waals surface area contributed by atoms with E-state index in [0.717, 1.165) is 18.5 Å². The second-order valence-electron chi connectivity index (χ2n) is 10.3. The molecule has 1 aliphatic rings. The van der Waals surface area contributed by atoms with E-state index in [0.29, 0.717) is 57.8 Å². The van der Waals surface area contributed by atoms with E-state index in [1.807, 2.05) is 18.0 Å². The van der Waals surface area contributed by atoms with Crippen LogP contribution in [0.3, 0.4) is 0 Å². The molecule has 0 radical (unpaired) electrons. The van der Waals surface area contributed by atoms with Gasteiger partial charge in [-0.1, -0.05) is 18.7 Å². The molecule has 1 unspecified atom stereocenters. The van der Waals surface area contributed by atoms with Gasteiger partial charge in [0.05, 0.1) is 17.4 Å². The number of amides is 1. The summed E-state index contributed by atoms with van der Waals surface area (Å²) in [7, 11) is 1.81. The average Bonchev–Trinajstić information content (AvgIpc) is 3.37. The third kappa shape index (κ3) is 5.16.